The molecule has 0 aliphatic carbocycles. The van der Waals surface area contributed by atoms with Gasteiger partial charge in [-0.05, 0) is 43.2 Å². The number of carbonyl (C=O) groups excluding carboxylic acids is 1. The highest BCUT2D eigenvalue weighted by molar-refractivity contribution is 14.0. The second-order valence-corrected chi connectivity index (χ2v) is 8.75. The first-order chi connectivity index (χ1) is 15.2. The lowest BCUT2D eigenvalue weighted by Crippen LogP contribution is -2.47. The van der Waals surface area contributed by atoms with Gasteiger partial charge >= 0.3 is 0 Å². The lowest BCUT2D eigenvalue weighted by atomic mass is 10.1. The fourth-order valence-electron chi connectivity index (χ4n) is 4.69. The summed E-state index contributed by atoms with van der Waals surface area (Å²) >= 11 is 0. The molecule has 0 aromatic heterocycles. The van der Waals surface area contributed by atoms with Crippen LogP contribution in [0.4, 0.5) is 0 Å². The quantitative estimate of drug-likeness (QED) is 0.242. The minimum Gasteiger partial charge on any atom is -0.376 e. The third-order valence-electron chi connectivity index (χ3n) is 6.54. The Labute approximate surface area is 208 Å². The highest BCUT2D eigenvalue weighted by Gasteiger charge is 2.25. The van der Waals surface area contributed by atoms with E-state index in [-0.39, 0.29) is 29.9 Å². The number of nitrogens with one attached hydrogen (secondary N) is 1. The van der Waals surface area contributed by atoms with E-state index in [4.69, 9.17) is 9.47 Å². The largest absolute Gasteiger partial charge is 0.376 e. The van der Waals surface area contributed by atoms with Crippen molar-refractivity contribution in [2.24, 2.45) is 4.99 Å². The summed E-state index contributed by atoms with van der Waals surface area (Å²) < 4.78 is 11.7. The number of ether oxygens (including phenoxy) is 2. The fourth-order valence-corrected chi connectivity index (χ4v) is 4.69. The summed E-state index contributed by atoms with van der Waals surface area (Å²) in [5, 5.41) is 3.44. The van der Waals surface area contributed by atoms with Gasteiger partial charge in [-0.3, -0.25) is 9.79 Å². The Bertz CT molecular complexity index is 736. The highest BCUT2D eigenvalue weighted by atomic mass is 127. The molecule has 7 nitrogen and oxygen atoms in total. The van der Waals surface area contributed by atoms with Crippen LogP contribution in [-0.4, -0.2) is 73.8 Å². The third-order valence-corrected chi connectivity index (χ3v) is 6.54. The molecule has 3 aliphatic rings. The number of rotatable bonds is 7. The average molecular weight is 556 g/mol. The number of carbonyl (C=O) groups is 1. The van der Waals surface area contributed by atoms with E-state index in [1.807, 2.05) is 24.1 Å². The van der Waals surface area contributed by atoms with Crippen molar-refractivity contribution in [3.63, 3.8) is 0 Å². The van der Waals surface area contributed by atoms with E-state index in [9.17, 15) is 4.79 Å². The molecule has 0 spiro atoms. The molecule has 3 heterocycles. The van der Waals surface area contributed by atoms with Crippen molar-refractivity contribution in [1.29, 1.82) is 0 Å². The summed E-state index contributed by atoms with van der Waals surface area (Å²) in [6.45, 7) is 5.75. The van der Waals surface area contributed by atoms with Crippen molar-refractivity contribution >= 4 is 35.8 Å². The van der Waals surface area contributed by atoms with Gasteiger partial charge in [0.2, 0.25) is 5.91 Å². The van der Waals surface area contributed by atoms with Crippen molar-refractivity contribution in [2.45, 2.75) is 63.8 Å². The maximum Gasteiger partial charge on any atom is 0.223 e. The molecule has 2 saturated heterocycles. The van der Waals surface area contributed by atoms with Crippen molar-refractivity contribution in [2.75, 3.05) is 39.9 Å². The summed E-state index contributed by atoms with van der Waals surface area (Å²) in [6, 6.07) is 8.32. The predicted molar refractivity (Wildman–Crippen MR) is 136 cm³/mol. The SMILES string of the molecule is CN=C(NCCCC(=O)N1Cc2ccccc2C1)N1CCC(OCC2CCCO2)CC1.I. The number of amides is 1. The Kier molecular flexibility index (Phi) is 10.1. The average Bonchev–Trinajstić information content (AvgIpc) is 3.48. The molecule has 1 amide bonds. The van der Waals surface area contributed by atoms with Crippen molar-refractivity contribution in [3.05, 3.63) is 35.4 Å². The predicted octanol–water partition coefficient (Wildman–Crippen LogP) is 3.16. The molecule has 1 aromatic rings. The van der Waals surface area contributed by atoms with Gasteiger partial charge in [0, 0.05) is 52.8 Å². The number of hydrogen-bond donors (Lipinski definition) is 1. The Morgan fingerprint density at radius 3 is 2.50 bits per heavy atom. The summed E-state index contributed by atoms with van der Waals surface area (Å²) in [5.41, 5.74) is 2.55. The molecule has 178 valence electrons. The number of benzene rings is 1. The Balaban J connectivity index is 0.00000289. The zero-order chi connectivity index (χ0) is 21.5. The van der Waals surface area contributed by atoms with Gasteiger partial charge in [0.25, 0.3) is 0 Å². The van der Waals surface area contributed by atoms with Crippen LogP contribution in [0.3, 0.4) is 0 Å². The van der Waals surface area contributed by atoms with Gasteiger partial charge in [-0.2, -0.15) is 0 Å². The third kappa shape index (κ3) is 6.81. The summed E-state index contributed by atoms with van der Waals surface area (Å²) in [7, 11) is 1.83. The van der Waals surface area contributed by atoms with Crippen molar-refractivity contribution in [3.8, 4) is 0 Å². The molecule has 1 N–H and O–H groups in total. The molecule has 4 rings (SSSR count). The minimum atomic E-state index is 0. The number of guanidine groups is 1. The minimum absolute atomic E-state index is 0. The molecule has 0 saturated carbocycles. The van der Waals surface area contributed by atoms with Crippen LogP contribution in [0, 0.1) is 0 Å². The first kappa shape index (κ1) is 25.2. The molecular weight excluding hydrogens is 519 g/mol. The van der Waals surface area contributed by atoms with Crippen LogP contribution in [0.5, 0.6) is 0 Å². The van der Waals surface area contributed by atoms with Gasteiger partial charge in [0.05, 0.1) is 18.8 Å². The number of hydrogen-bond acceptors (Lipinski definition) is 4. The maximum atomic E-state index is 12.6. The second kappa shape index (κ2) is 12.7. The fraction of sp³-hybridized carbons (Fsp3) is 0.667. The number of nitrogens with zero attached hydrogens (tertiary/aromatic N) is 3. The molecule has 0 bridgehead atoms. The lowest BCUT2D eigenvalue weighted by molar-refractivity contribution is -0.131. The monoisotopic (exact) mass is 556 g/mol. The first-order valence-corrected chi connectivity index (χ1v) is 11.8. The Morgan fingerprint density at radius 2 is 1.88 bits per heavy atom. The van der Waals surface area contributed by atoms with Crippen LogP contribution in [0.2, 0.25) is 0 Å². The first-order valence-electron chi connectivity index (χ1n) is 11.8. The Hall–Kier alpha value is -1.39. The molecule has 1 atom stereocenters. The number of aliphatic imine (C=N–C) groups is 1. The van der Waals surface area contributed by atoms with Crippen LogP contribution in [0.1, 0.15) is 49.7 Å². The molecule has 1 unspecified atom stereocenters. The zero-order valence-corrected chi connectivity index (χ0v) is 21.5. The van der Waals surface area contributed by atoms with Crippen molar-refractivity contribution < 1.29 is 14.3 Å². The smallest absolute Gasteiger partial charge is 0.223 e. The van der Waals surface area contributed by atoms with Crippen molar-refractivity contribution in [1.82, 2.24) is 15.1 Å². The second-order valence-electron chi connectivity index (χ2n) is 8.75. The van der Waals surface area contributed by atoms with Gasteiger partial charge in [-0.15, -0.1) is 24.0 Å². The highest BCUT2D eigenvalue weighted by Crippen LogP contribution is 2.23. The van der Waals surface area contributed by atoms with Gasteiger partial charge in [-0.1, -0.05) is 24.3 Å². The molecule has 2 fully saturated rings. The number of likely N-dealkylation sites (tertiary alicyclic amines) is 1. The van der Waals surface area contributed by atoms with Gasteiger partial charge in [0.15, 0.2) is 5.96 Å². The molecule has 32 heavy (non-hydrogen) atoms. The number of halogens is 1. The van der Waals surface area contributed by atoms with E-state index >= 15 is 0 Å². The van der Waals surface area contributed by atoms with E-state index in [0.29, 0.717) is 18.6 Å². The van der Waals surface area contributed by atoms with Crippen LogP contribution < -0.4 is 5.32 Å². The summed E-state index contributed by atoms with van der Waals surface area (Å²) in [5.74, 6) is 1.16. The molecular formula is C24H37IN4O3. The zero-order valence-electron chi connectivity index (χ0n) is 19.1. The standard InChI is InChI=1S/C24H36N4O3.HI/c1-25-24(27-13-10-21(11-14-27)31-18-22-8-5-15-30-22)26-12-4-9-23(29)28-16-19-6-2-3-7-20(19)17-28;/h2-3,6-7,21-22H,4-5,8-18H2,1H3,(H,25,26);1H. The van der Waals surface area contributed by atoms with E-state index in [1.54, 1.807) is 0 Å². The van der Waals surface area contributed by atoms with Gasteiger partial charge in [-0.25, -0.2) is 0 Å². The van der Waals surface area contributed by atoms with Crippen LogP contribution in [-0.2, 0) is 27.4 Å². The Morgan fingerprint density at radius 1 is 1.16 bits per heavy atom. The summed E-state index contributed by atoms with van der Waals surface area (Å²) in [6.07, 6.45) is 6.31. The normalized spacial score (nSPS) is 21.4. The summed E-state index contributed by atoms with van der Waals surface area (Å²) in [4.78, 5) is 21.3. The van der Waals surface area contributed by atoms with Crippen LogP contribution in [0.15, 0.2) is 29.3 Å². The van der Waals surface area contributed by atoms with Crippen LogP contribution in [0.25, 0.3) is 0 Å². The van der Waals surface area contributed by atoms with E-state index in [2.05, 4.69) is 27.3 Å². The van der Waals surface area contributed by atoms with E-state index < -0.39 is 0 Å². The van der Waals surface area contributed by atoms with E-state index in [0.717, 1.165) is 84.0 Å². The lowest BCUT2D eigenvalue weighted by Gasteiger charge is -2.34. The van der Waals surface area contributed by atoms with Gasteiger partial charge in [0.1, 0.15) is 0 Å². The molecule has 0 radical (unpaired) electrons. The van der Waals surface area contributed by atoms with Crippen LogP contribution >= 0.6 is 24.0 Å². The van der Waals surface area contributed by atoms with Gasteiger partial charge < -0.3 is 24.6 Å². The molecule has 3 aliphatic heterocycles. The number of fused-ring (bicyclic) bond motifs is 1. The maximum absolute atomic E-state index is 12.6. The molecule has 8 heteroatoms. The molecule has 1 aromatic carbocycles. The number of piperidine rings is 1. The topological polar surface area (TPSA) is 66.4 Å². The van der Waals surface area contributed by atoms with E-state index in [1.165, 1.54) is 11.1 Å².